The molecular formula is C19H27NO4. The Morgan fingerprint density at radius 2 is 1.79 bits per heavy atom. The number of carbonyl (C=O) groups is 2. The van der Waals surface area contributed by atoms with Gasteiger partial charge >= 0.3 is 11.9 Å². The summed E-state index contributed by atoms with van der Waals surface area (Å²) < 4.78 is 10.6. The SMILES string of the molecule is C=CCN1C=C(C(=O)OC(C)C)C=CC1(CC=C)C(=O)OC(C)C. The molecule has 0 fully saturated rings. The van der Waals surface area contributed by atoms with E-state index in [-0.39, 0.29) is 18.2 Å². The summed E-state index contributed by atoms with van der Waals surface area (Å²) in [6.45, 7) is 15.0. The number of ether oxygens (including phenoxy) is 2. The Kier molecular flexibility index (Phi) is 7.01. The van der Waals surface area contributed by atoms with Crippen molar-refractivity contribution in [2.45, 2.75) is 51.9 Å². The van der Waals surface area contributed by atoms with Crippen molar-refractivity contribution in [3.8, 4) is 0 Å². The Hall–Kier alpha value is -2.30. The van der Waals surface area contributed by atoms with E-state index in [1.165, 1.54) is 0 Å². The minimum atomic E-state index is -1.04. The van der Waals surface area contributed by atoms with Crippen LogP contribution in [0.4, 0.5) is 0 Å². The molecule has 0 N–H and O–H groups in total. The van der Waals surface area contributed by atoms with Crippen molar-refractivity contribution in [1.29, 1.82) is 0 Å². The maximum absolute atomic E-state index is 12.7. The van der Waals surface area contributed by atoms with E-state index in [0.717, 1.165) is 0 Å². The van der Waals surface area contributed by atoms with Crippen molar-refractivity contribution < 1.29 is 19.1 Å². The van der Waals surface area contributed by atoms with Crippen molar-refractivity contribution in [1.82, 2.24) is 4.90 Å². The van der Waals surface area contributed by atoms with Gasteiger partial charge in [-0.3, -0.25) is 0 Å². The smallest absolute Gasteiger partial charge is 0.339 e. The first-order valence-corrected chi connectivity index (χ1v) is 8.08. The normalized spacial score (nSPS) is 19.9. The van der Waals surface area contributed by atoms with Crippen molar-refractivity contribution >= 4 is 11.9 Å². The number of carbonyl (C=O) groups excluding carboxylic acids is 2. The van der Waals surface area contributed by atoms with Crippen LogP contribution in [0.2, 0.25) is 0 Å². The van der Waals surface area contributed by atoms with Crippen LogP contribution < -0.4 is 0 Å². The predicted octanol–water partition coefficient (Wildman–Crippen LogP) is 3.15. The van der Waals surface area contributed by atoms with E-state index in [4.69, 9.17) is 9.47 Å². The molecule has 1 aliphatic rings. The van der Waals surface area contributed by atoms with E-state index in [1.807, 2.05) is 0 Å². The van der Waals surface area contributed by atoms with Gasteiger partial charge in [0.25, 0.3) is 0 Å². The summed E-state index contributed by atoms with van der Waals surface area (Å²) in [4.78, 5) is 26.6. The largest absolute Gasteiger partial charge is 0.461 e. The zero-order valence-corrected chi connectivity index (χ0v) is 15.0. The van der Waals surface area contributed by atoms with Crippen LogP contribution in [0.5, 0.6) is 0 Å². The van der Waals surface area contributed by atoms with E-state index in [0.29, 0.717) is 18.5 Å². The van der Waals surface area contributed by atoms with Crippen molar-refractivity contribution in [2.75, 3.05) is 6.54 Å². The highest BCUT2D eigenvalue weighted by atomic mass is 16.5. The van der Waals surface area contributed by atoms with Crippen LogP contribution in [0.25, 0.3) is 0 Å². The molecule has 24 heavy (non-hydrogen) atoms. The Balaban J connectivity index is 3.21. The molecule has 0 aliphatic carbocycles. The lowest BCUT2D eigenvalue weighted by Crippen LogP contribution is -2.53. The average molecular weight is 333 g/mol. The van der Waals surface area contributed by atoms with Crippen molar-refractivity contribution in [2.24, 2.45) is 0 Å². The van der Waals surface area contributed by atoms with Gasteiger partial charge in [-0.1, -0.05) is 12.2 Å². The summed E-state index contributed by atoms with van der Waals surface area (Å²) in [6.07, 6.45) is 8.13. The second kappa shape index (κ2) is 8.52. The number of nitrogens with zero attached hydrogens (tertiary/aromatic N) is 1. The Labute approximate surface area is 144 Å². The Morgan fingerprint density at radius 3 is 2.29 bits per heavy atom. The second-order valence-electron chi connectivity index (χ2n) is 6.18. The third-order valence-corrected chi connectivity index (χ3v) is 3.40. The monoisotopic (exact) mass is 333 g/mol. The standard InChI is InChI=1S/C19H27NO4/c1-7-10-19(18(22)24-15(5)6)11-9-16(13-20(19)12-8-2)17(21)23-14(3)4/h7-9,11,13-15H,1-2,10,12H2,3-6H3. The summed E-state index contributed by atoms with van der Waals surface area (Å²) in [5.41, 5.74) is -0.662. The van der Waals surface area contributed by atoms with Gasteiger partial charge in [-0.25, -0.2) is 9.59 Å². The molecule has 1 unspecified atom stereocenters. The van der Waals surface area contributed by atoms with Crippen LogP contribution in [0.1, 0.15) is 34.1 Å². The summed E-state index contributed by atoms with van der Waals surface area (Å²) in [5.74, 6) is -0.817. The molecular weight excluding hydrogens is 306 g/mol. The van der Waals surface area contributed by atoms with Crippen LogP contribution in [0.15, 0.2) is 49.2 Å². The van der Waals surface area contributed by atoms with Crippen LogP contribution in [-0.4, -0.2) is 41.1 Å². The van der Waals surface area contributed by atoms with Gasteiger partial charge < -0.3 is 14.4 Å². The molecule has 0 aromatic carbocycles. The van der Waals surface area contributed by atoms with E-state index in [9.17, 15) is 9.59 Å². The van der Waals surface area contributed by atoms with E-state index in [1.54, 1.807) is 63.1 Å². The van der Waals surface area contributed by atoms with Gasteiger partial charge in [-0.05, 0) is 39.8 Å². The quantitative estimate of drug-likeness (QED) is 0.504. The lowest BCUT2D eigenvalue weighted by Gasteiger charge is -2.41. The summed E-state index contributed by atoms with van der Waals surface area (Å²) >= 11 is 0. The first-order chi connectivity index (χ1) is 11.3. The molecule has 0 saturated carbocycles. The molecule has 0 amide bonds. The topological polar surface area (TPSA) is 55.8 Å². The Bertz CT molecular complexity index is 560. The lowest BCUT2D eigenvalue weighted by molar-refractivity contribution is -0.157. The highest BCUT2D eigenvalue weighted by Gasteiger charge is 2.43. The molecule has 5 nitrogen and oxygen atoms in total. The second-order valence-corrected chi connectivity index (χ2v) is 6.18. The third kappa shape index (κ3) is 4.60. The number of hydrogen-bond acceptors (Lipinski definition) is 5. The zero-order valence-electron chi connectivity index (χ0n) is 15.0. The summed E-state index contributed by atoms with van der Waals surface area (Å²) in [7, 11) is 0. The molecule has 132 valence electrons. The van der Waals surface area contributed by atoms with Gasteiger partial charge in [0.05, 0.1) is 17.8 Å². The highest BCUT2D eigenvalue weighted by Crippen LogP contribution is 2.30. The van der Waals surface area contributed by atoms with E-state index >= 15 is 0 Å². The third-order valence-electron chi connectivity index (χ3n) is 3.40. The average Bonchev–Trinajstić information content (AvgIpc) is 2.47. The van der Waals surface area contributed by atoms with Crippen LogP contribution >= 0.6 is 0 Å². The molecule has 1 heterocycles. The molecule has 1 aliphatic heterocycles. The summed E-state index contributed by atoms with van der Waals surface area (Å²) in [5, 5.41) is 0. The zero-order chi connectivity index (χ0) is 18.3. The predicted molar refractivity (Wildman–Crippen MR) is 94.1 cm³/mol. The maximum Gasteiger partial charge on any atom is 0.339 e. The van der Waals surface area contributed by atoms with Crippen LogP contribution in [0.3, 0.4) is 0 Å². The fraction of sp³-hybridized carbons (Fsp3) is 0.474. The Morgan fingerprint density at radius 1 is 1.17 bits per heavy atom. The first kappa shape index (κ1) is 19.7. The molecule has 0 spiro atoms. The van der Waals surface area contributed by atoms with Gasteiger partial charge in [0.1, 0.15) is 0 Å². The van der Waals surface area contributed by atoms with Crippen molar-refractivity contribution in [3.63, 3.8) is 0 Å². The van der Waals surface area contributed by atoms with Gasteiger partial charge in [-0.15, -0.1) is 13.2 Å². The molecule has 1 rings (SSSR count). The molecule has 0 bridgehead atoms. The molecule has 5 heteroatoms. The minimum absolute atomic E-state index is 0.217. The van der Waals surface area contributed by atoms with Crippen LogP contribution in [0, 0.1) is 0 Å². The molecule has 1 atom stereocenters. The van der Waals surface area contributed by atoms with Crippen molar-refractivity contribution in [3.05, 3.63) is 49.2 Å². The number of rotatable bonds is 8. The number of hydrogen-bond donors (Lipinski definition) is 0. The highest BCUT2D eigenvalue weighted by molar-refractivity contribution is 5.94. The first-order valence-electron chi connectivity index (χ1n) is 8.08. The van der Waals surface area contributed by atoms with Gasteiger partial charge in [-0.2, -0.15) is 0 Å². The molecule has 0 aromatic heterocycles. The van der Waals surface area contributed by atoms with E-state index < -0.39 is 11.5 Å². The van der Waals surface area contributed by atoms with Gasteiger partial charge in [0.2, 0.25) is 0 Å². The fourth-order valence-corrected chi connectivity index (χ4v) is 2.40. The van der Waals surface area contributed by atoms with Gasteiger partial charge in [0.15, 0.2) is 5.54 Å². The minimum Gasteiger partial charge on any atom is -0.461 e. The van der Waals surface area contributed by atoms with E-state index in [2.05, 4.69) is 13.2 Å². The molecule has 0 aromatic rings. The maximum atomic E-state index is 12.7. The van der Waals surface area contributed by atoms with Crippen LogP contribution in [-0.2, 0) is 19.1 Å². The fourth-order valence-electron chi connectivity index (χ4n) is 2.40. The van der Waals surface area contributed by atoms with Gasteiger partial charge in [0, 0.05) is 19.2 Å². The summed E-state index contributed by atoms with van der Waals surface area (Å²) in [6, 6.07) is 0. The molecule has 0 radical (unpaired) electrons. The number of esters is 2. The lowest BCUT2D eigenvalue weighted by atomic mass is 9.89. The molecule has 0 saturated heterocycles.